The van der Waals surface area contributed by atoms with Crippen molar-refractivity contribution < 1.29 is 19.7 Å². The fraction of sp³-hybridized carbons (Fsp3) is 0.462. The van der Waals surface area contributed by atoms with Crippen LogP contribution < -0.4 is 4.74 Å². The van der Waals surface area contributed by atoms with Gasteiger partial charge in [0.25, 0.3) is 0 Å². The largest absolute Gasteiger partial charge is 0.490 e. The van der Waals surface area contributed by atoms with E-state index in [2.05, 4.69) is 0 Å². The first kappa shape index (κ1) is 13.5. The lowest BCUT2D eigenvalue weighted by atomic mass is 10.0. The minimum Gasteiger partial charge on any atom is -0.490 e. The van der Waals surface area contributed by atoms with Gasteiger partial charge in [0.1, 0.15) is 18.0 Å². The number of aryl methyl sites for hydroxylation is 2. The fourth-order valence-electron chi connectivity index (χ4n) is 1.57. The van der Waals surface area contributed by atoms with Crippen LogP contribution >= 0.6 is 0 Å². The maximum atomic E-state index is 10.5. The Balaban J connectivity index is 2.64. The van der Waals surface area contributed by atoms with Crippen LogP contribution in [0.5, 0.6) is 5.75 Å². The Hall–Kier alpha value is -1.55. The molecule has 1 unspecified atom stereocenters. The zero-order valence-electron chi connectivity index (χ0n) is 10.4. The lowest BCUT2D eigenvalue weighted by molar-refractivity contribution is -0.143. The maximum Gasteiger partial charge on any atom is 0.306 e. The van der Waals surface area contributed by atoms with E-state index in [0.717, 1.165) is 11.1 Å². The number of carboxylic acids is 1. The molecular weight excluding hydrogens is 220 g/mol. The molecule has 0 aliphatic rings. The van der Waals surface area contributed by atoms with Gasteiger partial charge >= 0.3 is 5.97 Å². The SMILES string of the molecule is Cc1ccc(OCC(C)(O)CC(=O)O)c(C)c1. The monoisotopic (exact) mass is 238 g/mol. The third-order valence-corrected chi connectivity index (χ3v) is 2.40. The number of hydrogen-bond acceptors (Lipinski definition) is 3. The van der Waals surface area contributed by atoms with Crippen molar-refractivity contribution in [3.63, 3.8) is 0 Å². The average Bonchev–Trinajstić information content (AvgIpc) is 2.14. The van der Waals surface area contributed by atoms with Gasteiger partial charge in [-0.3, -0.25) is 4.79 Å². The van der Waals surface area contributed by atoms with Gasteiger partial charge in [-0.2, -0.15) is 0 Å². The van der Waals surface area contributed by atoms with E-state index in [-0.39, 0.29) is 13.0 Å². The highest BCUT2D eigenvalue weighted by Crippen LogP contribution is 2.20. The Bertz CT molecular complexity index is 410. The zero-order chi connectivity index (χ0) is 13.1. The van der Waals surface area contributed by atoms with Gasteiger partial charge in [-0.05, 0) is 32.4 Å². The van der Waals surface area contributed by atoms with Crippen molar-refractivity contribution in [2.45, 2.75) is 32.8 Å². The molecule has 0 amide bonds. The summed E-state index contributed by atoms with van der Waals surface area (Å²) in [6, 6.07) is 5.71. The fourth-order valence-corrected chi connectivity index (χ4v) is 1.57. The summed E-state index contributed by atoms with van der Waals surface area (Å²) < 4.78 is 5.44. The van der Waals surface area contributed by atoms with Gasteiger partial charge in [-0.15, -0.1) is 0 Å². The van der Waals surface area contributed by atoms with E-state index in [1.54, 1.807) is 0 Å². The Morgan fingerprint density at radius 1 is 1.41 bits per heavy atom. The topological polar surface area (TPSA) is 66.8 Å². The van der Waals surface area contributed by atoms with Crippen molar-refractivity contribution in [2.75, 3.05) is 6.61 Å². The molecule has 0 aliphatic heterocycles. The first-order chi connectivity index (χ1) is 7.80. The molecule has 0 aliphatic carbocycles. The number of rotatable bonds is 5. The lowest BCUT2D eigenvalue weighted by Crippen LogP contribution is -2.35. The van der Waals surface area contributed by atoms with E-state index in [0.29, 0.717) is 5.75 Å². The van der Waals surface area contributed by atoms with Gasteiger partial charge in [0.2, 0.25) is 0 Å². The van der Waals surface area contributed by atoms with Crippen LogP contribution in [0.15, 0.2) is 18.2 Å². The third-order valence-electron chi connectivity index (χ3n) is 2.40. The highest BCUT2D eigenvalue weighted by molar-refractivity contribution is 5.68. The molecule has 4 heteroatoms. The second kappa shape index (κ2) is 5.19. The molecule has 0 heterocycles. The van der Waals surface area contributed by atoms with Crippen molar-refractivity contribution in [1.82, 2.24) is 0 Å². The molecular formula is C13H18O4. The van der Waals surface area contributed by atoms with E-state index < -0.39 is 11.6 Å². The average molecular weight is 238 g/mol. The molecule has 1 atom stereocenters. The normalized spacial score (nSPS) is 14.1. The maximum absolute atomic E-state index is 10.5. The van der Waals surface area contributed by atoms with E-state index in [1.807, 2.05) is 32.0 Å². The number of aliphatic carboxylic acids is 1. The molecule has 0 saturated heterocycles. The third kappa shape index (κ3) is 4.44. The van der Waals surface area contributed by atoms with Gasteiger partial charge in [0, 0.05) is 0 Å². The van der Waals surface area contributed by atoms with Crippen LogP contribution in [0.2, 0.25) is 0 Å². The molecule has 1 rings (SSSR count). The Labute approximate surface area is 101 Å². The van der Waals surface area contributed by atoms with Crippen LogP contribution in [0.1, 0.15) is 24.5 Å². The van der Waals surface area contributed by atoms with Crippen LogP contribution in [0.4, 0.5) is 0 Å². The Kier molecular flexibility index (Phi) is 4.12. The van der Waals surface area contributed by atoms with Crippen molar-refractivity contribution in [3.8, 4) is 5.75 Å². The predicted octanol–water partition coefficient (Wildman–Crippen LogP) is 1.91. The molecule has 0 spiro atoms. The molecule has 2 N–H and O–H groups in total. The summed E-state index contributed by atoms with van der Waals surface area (Å²) in [5.74, 6) is -0.375. The minimum absolute atomic E-state index is 0.0385. The number of hydrogen-bond donors (Lipinski definition) is 2. The number of aliphatic hydroxyl groups is 1. The second-order valence-corrected chi connectivity index (χ2v) is 4.63. The molecule has 0 aromatic heterocycles. The summed E-state index contributed by atoms with van der Waals surface area (Å²) >= 11 is 0. The Morgan fingerprint density at radius 3 is 2.59 bits per heavy atom. The summed E-state index contributed by atoms with van der Waals surface area (Å²) in [6.07, 6.45) is -0.335. The molecule has 4 nitrogen and oxygen atoms in total. The van der Waals surface area contributed by atoms with Gasteiger partial charge in [-0.25, -0.2) is 0 Å². The molecule has 1 aromatic rings. The number of carbonyl (C=O) groups is 1. The summed E-state index contributed by atoms with van der Waals surface area (Å²) in [4.78, 5) is 10.5. The molecule has 0 bridgehead atoms. The van der Waals surface area contributed by atoms with Gasteiger partial charge in [-0.1, -0.05) is 17.7 Å². The molecule has 1 aromatic carbocycles. The first-order valence-corrected chi connectivity index (χ1v) is 5.44. The van der Waals surface area contributed by atoms with E-state index in [4.69, 9.17) is 9.84 Å². The summed E-state index contributed by atoms with van der Waals surface area (Å²) in [5, 5.41) is 18.4. The quantitative estimate of drug-likeness (QED) is 0.822. The van der Waals surface area contributed by atoms with Crippen molar-refractivity contribution in [2.24, 2.45) is 0 Å². The number of carboxylic acid groups (broad SMARTS) is 1. The Morgan fingerprint density at radius 2 is 2.06 bits per heavy atom. The van der Waals surface area contributed by atoms with Gasteiger partial charge < -0.3 is 14.9 Å². The summed E-state index contributed by atoms with van der Waals surface area (Å²) in [6.45, 7) is 5.31. The second-order valence-electron chi connectivity index (χ2n) is 4.63. The van der Waals surface area contributed by atoms with Gasteiger partial charge in [0.05, 0.1) is 6.42 Å². The van der Waals surface area contributed by atoms with Crippen LogP contribution in [-0.4, -0.2) is 28.4 Å². The summed E-state index contributed by atoms with van der Waals surface area (Å²) in [7, 11) is 0. The van der Waals surface area contributed by atoms with Crippen molar-refractivity contribution in [1.29, 1.82) is 0 Å². The van der Waals surface area contributed by atoms with Crippen LogP contribution in [0.25, 0.3) is 0 Å². The number of ether oxygens (including phenoxy) is 1. The molecule has 0 fully saturated rings. The molecule has 0 saturated carbocycles. The highest BCUT2D eigenvalue weighted by Gasteiger charge is 2.25. The van der Waals surface area contributed by atoms with Crippen molar-refractivity contribution >= 4 is 5.97 Å². The highest BCUT2D eigenvalue weighted by atomic mass is 16.5. The number of benzene rings is 1. The standard InChI is InChI=1S/C13H18O4/c1-9-4-5-11(10(2)6-9)17-8-13(3,16)7-12(14)15/h4-6,16H,7-8H2,1-3H3,(H,14,15). The molecule has 0 radical (unpaired) electrons. The smallest absolute Gasteiger partial charge is 0.306 e. The van der Waals surface area contributed by atoms with Gasteiger partial charge in [0.15, 0.2) is 0 Å². The zero-order valence-corrected chi connectivity index (χ0v) is 10.4. The van der Waals surface area contributed by atoms with Crippen LogP contribution in [0, 0.1) is 13.8 Å². The summed E-state index contributed by atoms with van der Waals surface area (Å²) in [5.41, 5.74) is 0.742. The lowest BCUT2D eigenvalue weighted by Gasteiger charge is -2.22. The van der Waals surface area contributed by atoms with Crippen LogP contribution in [0.3, 0.4) is 0 Å². The van der Waals surface area contributed by atoms with E-state index in [9.17, 15) is 9.90 Å². The molecule has 94 valence electrons. The van der Waals surface area contributed by atoms with E-state index >= 15 is 0 Å². The van der Waals surface area contributed by atoms with Crippen LogP contribution in [-0.2, 0) is 4.79 Å². The molecule has 17 heavy (non-hydrogen) atoms. The minimum atomic E-state index is -1.36. The van der Waals surface area contributed by atoms with Crippen molar-refractivity contribution in [3.05, 3.63) is 29.3 Å². The predicted molar refractivity (Wildman–Crippen MR) is 64.3 cm³/mol. The van der Waals surface area contributed by atoms with E-state index in [1.165, 1.54) is 6.92 Å². The first-order valence-electron chi connectivity index (χ1n) is 5.44.